The van der Waals surface area contributed by atoms with Crippen molar-refractivity contribution in [1.82, 2.24) is 20.4 Å². The minimum absolute atomic E-state index is 0.192. The molecule has 0 aliphatic rings. The maximum atomic E-state index is 13.1. The summed E-state index contributed by atoms with van der Waals surface area (Å²) in [6.45, 7) is 2.15. The molecular weight excluding hydrogens is 385 g/mol. The van der Waals surface area contributed by atoms with E-state index in [1.54, 1.807) is 31.5 Å². The molecule has 2 heterocycles. The maximum absolute atomic E-state index is 13.1. The Kier molecular flexibility index (Phi) is 5.99. The smallest absolute Gasteiger partial charge is 0.321 e. The molecule has 0 saturated heterocycles. The van der Waals surface area contributed by atoms with Gasteiger partial charge in [-0.25, -0.2) is 14.2 Å². The number of thiazole rings is 1. The second-order valence-electron chi connectivity index (χ2n) is 6.06. The topological polar surface area (TPSA) is 100 Å². The van der Waals surface area contributed by atoms with Crippen molar-refractivity contribution in [2.24, 2.45) is 0 Å². The molecule has 0 atom stereocenters. The monoisotopic (exact) mass is 403 g/mol. The molecule has 0 radical (unpaired) electrons. The van der Waals surface area contributed by atoms with Crippen LogP contribution in [0.25, 0.3) is 0 Å². The fourth-order valence-electron chi connectivity index (χ4n) is 2.43. The van der Waals surface area contributed by atoms with Crippen LogP contribution in [0.1, 0.15) is 27.3 Å². The van der Waals surface area contributed by atoms with E-state index < -0.39 is 6.03 Å². The Morgan fingerprint density at radius 2 is 2.18 bits per heavy atom. The molecule has 3 aromatic rings. The third-order valence-corrected chi connectivity index (χ3v) is 4.65. The third kappa shape index (κ3) is 4.92. The highest BCUT2D eigenvalue weighted by molar-refractivity contribution is 7.13. The van der Waals surface area contributed by atoms with Gasteiger partial charge in [-0.05, 0) is 24.6 Å². The average Bonchev–Trinajstić information content (AvgIpc) is 3.28. The van der Waals surface area contributed by atoms with Crippen LogP contribution < -0.4 is 10.6 Å². The number of carbonyl (C=O) groups excluding carboxylic acids is 2. The molecule has 0 aliphatic heterocycles. The number of hydrogen-bond acceptors (Lipinski definition) is 6. The Balaban J connectivity index is 1.51. The Hall–Kier alpha value is -3.27. The van der Waals surface area contributed by atoms with E-state index in [4.69, 9.17) is 4.52 Å². The lowest BCUT2D eigenvalue weighted by molar-refractivity contribution is 0.0782. The highest BCUT2D eigenvalue weighted by atomic mass is 32.1. The minimum Gasteiger partial charge on any atom is -0.364 e. The van der Waals surface area contributed by atoms with E-state index >= 15 is 0 Å². The van der Waals surface area contributed by atoms with Crippen molar-refractivity contribution in [1.29, 1.82) is 0 Å². The summed E-state index contributed by atoms with van der Waals surface area (Å²) >= 11 is 1.24. The predicted octanol–water partition coefficient (Wildman–Crippen LogP) is 3.17. The first-order chi connectivity index (χ1) is 13.4. The zero-order valence-electron chi connectivity index (χ0n) is 15.2. The Bertz CT molecular complexity index is 987. The zero-order valence-corrected chi connectivity index (χ0v) is 16.0. The number of urea groups is 1. The van der Waals surface area contributed by atoms with Crippen LogP contribution in [0.5, 0.6) is 0 Å². The number of benzene rings is 1. The fourth-order valence-corrected chi connectivity index (χ4v) is 3.12. The van der Waals surface area contributed by atoms with E-state index in [-0.39, 0.29) is 24.8 Å². The average molecular weight is 403 g/mol. The van der Waals surface area contributed by atoms with Gasteiger partial charge in [0.1, 0.15) is 17.6 Å². The van der Waals surface area contributed by atoms with Gasteiger partial charge < -0.3 is 14.7 Å². The van der Waals surface area contributed by atoms with Gasteiger partial charge in [-0.1, -0.05) is 17.3 Å². The highest BCUT2D eigenvalue weighted by Crippen LogP contribution is 2.18. The van der Waals surface area contributed by atoms with Gasteiger partial charge in [0.25, 0.3) is 5.91 Å². The van der Waals surface area contributed by atoms with Gasteiger partial charge in [0, 0.05) is 19.0 Å². The first-order valence-corrected chi connectivity index (χ1v) is 9.20. The summed E-state index contributed by atoms with van der Waals surface area (Å²) in [6.07, 6.45) is 1.31. The molecule has 2 N–H and O–H groups in total. The molecule has 3 rings (SSSR count). The molecule has 8 nitrogen and oxygen atoms in total. The van der Waals surface area contributed by atoms with Gasteiger partial charge in [0.2, 0.25) is 0 Å². The number of amides is 3. The quantitative estimate of drug-likeness (QED) is 0.658. The summed E-state index contributed by atoms with van der Waals surface area (Å²) < 4.78 is 17.9. The lowest BCUT2D eigenvalue weighted by Gasteiger charge is -2.14. The Morgan fingerprint density at radius 3 is 2.89 bits per heavy atom. The van der Waals surface area contributed by atoms with Crippen molar-refractivity contribution in [3.05, 3.63) is 64.2 Å². The molecule has 0 saturated carbocycles. The molecule has 28 heavy (non-hydrogen) atoms. The van der Waals surface area contributed by atoms with Crippen LogP contribution >= 0.6 is 11.3 Å². The molecular formula is C18H18FN5O3S. The largest absolute Gasteiger partial charge is 0.364 e. The SMILES string of the molecule is Cc1nocc1C(=O)N(C)Cc1csc(NC(=O)NCc2cccc(F)c2)n1. The van der Waals surface area contributed by atoms with Gasteiger partial charge in [0.15, 0.2) is 5.13 Å². The van der Waals surface area contributed by atoms with Crippen LogP contribution in [0, 0.1) is 12.7 Å². The number of nitrogens with one attached hydrogen (secondary N) is 2. The van der Waals surface area contributed by atoms with E-state index in [0.29, 0.717) is 27.6 Å². The van der Waals surface area contributed by atoms with E-state index in [1.165, 1.54) is 34.6 Å². The van der Waals surface area contributed by atoms with Crippen LogP contribution in [0.2, 0.25) is 0 Å². The lowest BCUT2D eigenvalue weighted by atomic mass is 10.2. The van der Waals surface area contributed by atoms with Crippen molar-refractivity contribution in [2.45, 2.75) is 20.0 Å². The zero-order chi connectivity index (χ0) is 20.1. The maximum Gasteiger partial charge on any atom is 0.321 e. The molecule has 0 bridgehead atoms. The second kappa shape index (κ2) is 8.61. The van der Waals surface area contributed by atoms with Crippen LogP contribution in [0.15, 0.2) is 40.4 Å². The number of carbonyl (C=O) groups is 2. The summed E-state index contributed by atoms with van der Waals surface area (Å²) in [5, 5.41) is 11.1. The normalized spacial score (nSPS) is 10.5. The molecule has 0 aliphatic carbocycles. The number of aryl methyl sites for hydroxylation is 1. The molecule has 0 spiro atoms. The number of hydrogen-bond donors (Lipinski definition) is 2. The number of anilines is 1. The summed E-state index contributed by atoms with van der Waals surface area (Å²) in [5.74, 6) is -0.585. The molecule has 10 heteroatoms. The summed E-state index contributed by atoms with van der Waals surface area (Å²) in [4.78, 5) is 30.1. The first kappa shape index (κ1) is 19.5. The van der Waals surface area contributed by atoms with Crippen LogP contribution in [-0.2, 0) is 13.1 Å². The van der Waals surface area contributed by atoms with Crippen molar-refractivity contribution in [3.8, 4) is 0 Å². The standard InChI is InChI=1S/C18H18FN5O3S/c1-11-15(9-27-23-11)16(25)24(2)8-14-10-28-18(21-14)22-17(26)20-7-12-4-3-5-13(19)6-12/h3-6,9-10H,7-8H2,1-2H3,(H2,20,21,22,26). The van der Waals surface area contributed by atoms with Crippen molar-refractivity contribution >= 4 is 28.4 Å². The molecule has 2 aromatic heterocycles. The number of nitrogens with zero attached hydrogens (tertiary/aromatic N) is 3. The van der Waals surface area contributed by atoms with Gasteiger partial charge >= 0.3 is 6.03 Å². The van der Waals surface area contributed by atoms with E-state index in [0.717, 1.165) is 0 Å². The third-order valence-electron chi connectivity index (χ3n) is 3.84. The lowest BCUT2D eigenvalue weighted by Crippen LogP contribution is -2.28. The molecule has 3 amide bonds. The van der Waals surface area contributed by atoms with Crippen molar-refractivity contribution < 1.29 is 18.5 Å². The fraction of sp³-hybridized carbons (Fsp3) is 0.222. The van der Waals surface area contributed by atoms with Crippen molar-refractivity contribution in [2.75, 3.05) is 12.4 Å². The summed E-state index contributed by atoms with van der Waals surface area (Å²) in [7, 11) is 1.65. The predicted molar refractivity (Wildman–Crippen MR) is 101 cm³/mol. The number of rotatable bonds is 6. The summed E-state index contributed by atoms with van der Waals surface area (Å²) in [6, 6.07) is 5.54. The molecule has 0 fully saturated rings. The minimum atomic E-state index is -0.449. The van der Waals surface area contributed by atoms with Gasteiger partial charge in [0.05, 0.1) is 17.9 Å². The van der Waals surface area contributed by atoms with Crippen molar-refractivity contribution in [3.63, 3.8) is 0 Å². The first-order valence-electron chi connectivity index (χ1n) is 8.32. The second-order valence-corrected chi connectivity index (χ2v) is 6.91. The van der Waals surface area contributed by atoms with E-state index in [1.807, 2.05) is 0 Å². The Morgan fingerprint density at radius 1 is 1.36 bits per heavy atom. The highest BCUT2D eigenvalue weighted by Gasteiger charge is 2.18. The molecule has 146 valence electrons. The van der Waals surface area contributed by atoms with Gasteiger partial charge in [-0.15, -0.1) is 11.3 Å². The van der Waals surface area contributed by atoms with E-state index in [2.05, 4.69) is 20.8 Å². The number of halogens is 1. The molecule has 0 unspecified atom stereocenters. The Labute approximate surface area is 164 Å². The van der Waals surface area contributed by atoms with Crippen LogP contribution in [-0.4, -0.2) is 34.0 Å². The van der Waals surface area contributed by atoms with Crippen LogP contribution in [0.3, 0.4) is 0 Å². The number of aromatic nitrogens is 2. The van der Waals surface area contributed by atoms with Crippen LogP contribution in [0.4, 0.5) is 14.3 Å². The van der Waals surface area contributed by atoms with E-state index in [9.17, 15) is 14.0 Å². The molecule has 1 aromatic carbocycles. The van der Waals surface area contributed by atoms with Gasteiger partial charge in [-0.2, -0.15) is 0 Å². The summed E-state index contributed by atoms with van der Waals surface area (Å²) in [5.41, 5.74) is 2.20. The van der Waals surface area contributed by atoms with Gasteiger partial charge in [-0.3, -0.25) is 10.1 Å².